The van der Waals surface area contributed by atoms with E-state index in [4.69, 9.17) is 4.74 Å². The molecule has 1 aromatic heterocycles. The van der Waals surface area contributed by atoms with Crippen LogP contribution in [-0.4, -0.2) is 27.9 Å². The smallest absolute Gasteiger partial charge is 0.337 e. The highest BCUT2D eigenvalue weighted by molar-refractivity contribution is 9.10. The minimum Gasteiger partial charge on any atom is -0.508 e. The number of phenols is 1. The number of fused-ring (bicyclic) bond motifs is 1. The van der Waals surface area contributed by atoms with Gasteiger partial charge in [-0.1, -0.05) is 15.9 Å². The minimum atomic E-state index is -0.405. The second-order valence-electron chi connectivity index (χ2n) is 5.34. The molecule has 1 unspecified atom stereocenters. The van der Waals surface area contributed by atoms with Crippen molar-refractivity contribution in [3.8, 4) is 5.75 Å². The highest BCUT2D eigenvalue weighted by Gasteiger charge is 2.41. The van der Waals surface area contributed by atoms with E-state index in [-0.39, 0.29) is 18.3 Å². The number of rotatable bonds is 1. The van der Waals surface area contributed by atoms with E-state index < -0.39 is 5.92 Å². The van der Waals surface area contributed by atoms with Crippen molar-refractivity contribution in [2.75, 3.05) is 11.9 Å². The number of nitrogens with zero attached hydrogens (tertiary/aromatic N) is 1. The number of hydrogen-bond acceptors (Lipinski definition) is 5. The van der Waals surface area contributed by atoms with E-state index in [0.29, 0.717) is 22.7 Å². The topological polar surface area (TPSA) is 87.2 Å². The van der Waals surface area contributed by atoms with Gasteiger partial charge in [0.2, 0.25) is 0 Å². The van der Waals surface area contributed by atoms with Gasteiger partial charge in [-0.05, 0) is 25.1 Å². The third kappa shape index (κ3) is 1.78. The van der Waals surface area contributed by atoms with Gasteiger partial charge in [-0.25, -0.2) is 4.79 Å². The molecule has 112 valence electrons. The number of carbonyl (C=O) groups is 1. The molecular weight excluding hydrogens is 350 g/mol. The van der Waals surface area contributed by atoms with E-state index >= 15 is 0 Å². The van der Waals surface area contributed by atoms with Gasteiger partial charge in [0, 0.05) is 21.3 Å². The highest BCUT2D eigenvalue weighted by atomic mass is 79.9. The number of esters is 1. The summed E-state index contributed by atoms with van der Waals surface area (Å²) in [7, 11) is 0. The third-order valence-corrected chi connectivity index (χ3v) is 4.53. The number of hydrogen-bond donors (Lipinski definition) is 3. The van der Waals surface area contributed by atoms with Crippen LogP contribution in [0.25, 0.3) is 0 Å². The molecule has 6 nitrogen and oxygen atoms in total. The number of benzene rings is 1. The number of phenolic OH excluding ortho intramolecular Hbond substituents is 1. The maximum absolute atomic E-state index is 12.2. The highest BCUT2D eigenvalue weighted by Crippen LogP contribution is 2.47. The summed E-state index contributed by atoms with van der Waals surface area (Å²) in [4.78, 5) is 12.2. The van der Waals surface area contributed by atoms with Crippen LogP contribution in [0, 0.1) is 6.92 Å². The fourth-order valence-corrected chi connectivity index (χ4v) is 3.43. The number of ether oxygens (including phenoxy) is 1. The summed E-state index contributed by atoms with van der Waals surface area (Å²) in [5.74, 6) is 0.0303. The van der Waals surface area contributed by atoms with Gasteiger partial charge in [0.15, 0.2) is 5.82 Å². The summed E-state index contributed by atoms with van der Waals surface area (Å²) >= 11 is 3.42. The van der Waals surface area contributed by atoms with Gasteiger partial charge in [0.25, 0.3) is 0 Å². The summed E-state index contributed by atoms with van der Waals surface area (Å²) < 4.78 is 5.98. The Balaban J connectivity index is 2.00. The third-order valence-electron chi connectivity index (χ3n) is 4.03. The Morgan fingerprint density at radius 3 is 3.09 bits per heavy atom. The molecular formula is C15H12BrN3O3. The van der Waals surface area contributed by atoms with Crippen molar-refractivity contribution in [2.24, 2.45) is 0 Å². The van der Waals surface area contributed by atoms with Crippen molar-refractivity contribution in [1.82, 2.24) is 10.2 Å². The maximum atomic E-state index is 12.2. The monoisotopic (exact) mass is 361 g/mol. The van der Waals surface area contributed by atoms with E-state index in [1.54, 1.807) is 12.1 Å². The largest absolute Gasteiger partial charge is 0.508 e. The number of cyclic esters (lactones) is 1. The fourth-order valence-electron chi connectivity index (χ4n) is 3.05. The van der Waals surface area contributed by atoms with Crippen LogP contribution in [0.4, 0.5) is 5.82 Å². The Morgan fingerprint density at radius 1 is 1.45 bits per heavy atom. The SMILES string of the molecule is Cc1[nH]nc2c1C(c1cc(Br)ccc1O)C1=C(COC1=O)N2. The quantitative estimate of drug-likeness (QED) is 0.679. The molecule has 0 bridgehead atoms. The Kier molecular flexibility index (Phi) is 2.80. The molecule has 7 heteroatoms. The molecule has 1 aromatic carbocycles. The van der Waals surface area contributed by atoms with Crippen molar-refractivity contribution in [2.45, 2.75) is 12.8 Å². The van der Waals surface area contributed by atoms with Crippen LogP contribution in [0.5, 0.6) is 5.75 Å². The number of aromatic hydroxyl groups is 1. The van der Waals surface area contributed by atoms with Crippen LogP contribution in [0.2, 0.25) is 0 Å². The summed E-state index contributed by atoms with van der Waals surface area (Å²) in [6, 6.07) is 5.18. The Hall–Kier alpha value is -2.28. The molecule has 0 saturated carbocycles. The molecule has 4 rings (SSSR count). The van der Waals surface area contributed by atoms with Crippen molar-refractivity contribution < 1.29 is 14.6 Å². The molecule has 2 aliphatic rings. The second-order valence-corrected chi connectivity index (χ2v) is 6.26. The number of halogens is 1. The molecule has 0 fully saturated rings. The number of aromatic amines is 1. The maximum Gasteiger partial charge on any atom is 0.337 e. The average molecular weight is 362 g/mol. The first-order valence-electron chi connectivity index (χ1n) is 6.76. The molecule has 1 atom stereocenters. The predicted molar refractivity (Wildman–Crippen MR) is 82.6 cm³/mol. The summed E-state index contributed by atoms with van der Waals surface area (Å²) in [5.41, 5.74) is 3.58. The normalized spacial score (nSPS) is 19.5. The number of aryl methyl sites for hydroxylation is 1. The molecule has 0 saturated heterocycles. The van der Waals surface area contributed by atoms with Gasteiger partial charge in [-0.15, -0.1) is 0 Å². The summed E-state index contributed by atoms with van der Waals surface area (Å²) in [6.45, 7) is 2.09. The first-order chi connectivity index (χ1) is 10.6. The van der Waals surface area contributed by atoms with Crippen molar-refractivity contribution in [3.63, 3.8) is 0 Å². The lowest BCUT2D eigenvalue weighted by Crippen LogP contribution is -2.20. The van der Waals surface area contributed by atoms with Crippen molar-refractivity contribution in [1.29, 1.82) is 0 Å². The molecule has 0 spiro atoms. The van der Waals surface area contributed by atoms with Crippen molar-refractivity contribution >= 4 is 27.7 Å². The van der Waals surface area contributed by atoms with E-state index in [2.05, 4.69) is 31.4 Å². The standard InChI is InChI=1S/C15H12BrN3O3/c1-6-11-12(8-4-7(16)2-3-10(8)20)13-9(5-22-15(13)21)17-14(11)19-18-6/h2-4,12,20H,5H2,1H3,(H2,17,18,19). The van der Waals surface area contributed by atoms with Gasteiger partial charge in [-0.3, -0.25) is 5.10 Å². The number of H-pyrrole nitrogens is 1. The molecule has 0 aliphatic carbocycles. The Labute approximate surface area is 134 Å². The zero-order valence-electron chi connectivity index (χ0n) is 11.6. The van der Waals surface area contributed by atoms with Crippen molar-refractivity contribution in [3.05, 3.63) is 50.8 Å². The second kappa shape index (κ2) is 4.61. The van der Waals surface area contributed by atoms with E-state index in [9.17, 15) is 9.90 Å². The number of carbonyl (C=O) groups excluding carboxylic acids is 1. The number of anilines is 1. The fraction of sp³-hybridized carbons (Fsp3) is 0.200. The lowest BCUT2D eigenvalue weighted by molar-refractivity contribution is -0.136. The number of aromatic nitrogens is 2. The van der Waals surface area contributed by atoms with Gasteiger partial charge >= 0.3 is 5.97 Å². The van der Waals surface area contributed by atoms with Gasteiger partial charge in [0.1, 0.15) is 12.4 Å². The first kappa shape index (κ1) is 13.4. The van der Waals surface area contributed by atoms with E-state index in [0.717, 1.165) is 15.7 Å². The Bertz CT molecular complexity index is 841. The lowest BCUT2D eigenvalue weighted by atomic mass is 9.81. The minimum absolute atomic E-state index is 0.133. The Morgan fingerprint density at radius 2 is 2.27 bits per heavy atom. The predicted octanol–water partition coefficient (Wildman–Crippen LogP) is 2.55. The molecule has 3 heterocycles. The molecule has 0 amide bonds. The molecule has 2 aromatic rings. The van der Waals surface area contributed by atoms with Crippen LogP contribution in [0.15, 0.2) is 33.9 Å². The average Bonchev–Trinajstić information content (AvgIpc) is 3.04. The summed E-state index contributed by atoms with van der Waals surface area (Å²) in [5, 5.41) is 20.6. The summed E-state index contributed by atoms with van der Waals surface area (Å²) in [6.07, 6.45) is 0. The van der Waals surface area contributed by atoms with Gasteiger partial charge in [0.05, 0.1) is 17.2 Å². The van der Waals surface area contributed by atoms with E-state index in [1.165, 1.54) is 0 Å². The van der Waals surface area contributed by atoms with Crippen LogP contribution in [-0.2, 0) is 9.53 Å². The molecule has 2 aliphatic heterocycles. The molecule has 0 radical (unpaired) electrons. The van der Waals surface area contributed by atoms with E-state index in [1.807, 2.05) is 13.0 Å². The molecule has 3 N–H and O–H groups in total. The van der Waals surface area contributed by atoms with Crippen LogP contribution in [0.3, 0.4) is 0 Å². The van der Waals surface area contributed by atoms with Gasteiger partial charge < -0.3 is 15.2 Å². The molecule has 22 heavy (non-hydrogen) atoms. The first-order valence-corrected chi connectivity index (χ1v) is 7.56. The van der Waals surface area contributed by atoms with Crippen LogP contribution in [0.1, 0.15) is 22.7 Å². The van der Waals surface area contributed by atoms with Crippen LogP contribution >= 0.6 is 15.9 Å². The van der Waals surface area contributed by atoms with Gasteiger partial charge in [-0.2, -0.15) is 5.10 Å². The zero-order chi connectivity index (χ0) is 15.4. The number of nitrogens with one attached hydrogen (secondary N) is 2. The lowest BCUT2D eigenvalue weighted by Gasteiger charge is -2.25. The zero-order valence-corrected chi connectivity index (χ0v) is 13.2. The van der Waals surface area contributed by atoms with Crippen LogP contribution < -0.4 is 5.32 Å².